The minimum atomic E-state index is 0.328. The van der Waals surface area contributed by atoms with Crippen molar-refractivity contribution in [3.05, 3.63) is 21.4 Å². The number of thiophene rings is 1. The molecule has 0 bridgehead atoms. The summed E-state index contributed by atoms with van der Waals surface area (Å²) >= 11 is 6.59. The fourth-order valence-corrected chi connectivity index (χ4v) is 2.76. The Morgan fingerprint density at radius 3 is 2.53 bits per heavy atom. The molecule has 0 saturated carbocycles. The van der Waals surface area contributed by atoms with E-state index in [9.17, 15) is 0 Å². The second kappa shape index (κ2) is 4.28. The van der Waals surface area contributed by atoms with E-state index < -0.39 is 0 Å². The molecule has 0 aliphatic carbocycles. The van der Waals surface area contributed by atoms with Crippen LogP contribution >= 0.6 is 23.6 Å². The van der Waals surface area contributed by atoms with E-state index in [2.05, 4.69) is 35.1 Å². The lowest BCUT2D eigenvalue weighted by molar-refractivity contribution is 1.07. The molecule has 2 rings (SSSR count). The van der Waals surface area contributed by atoms with Gasteiger partial charge in [0.2, 0.25) is 5.11 Å². The molecule has 1 aromatic heterocycles. The smallest absolute Gasteiger partial charge is 0.194 e. The molecule has 0 spiro atoms. The summed E-state index contributed by atoms with van der Waals surface area (Å²) in [5.41, 5.74) is 1.38. The molecule has 1 aliphatic rings. The topological polar surface area (TPSA) is 37.1 Å². The number of azo groups is 1. The maximum atomic E-state index is 4.85. The van der Waals surface area contributed by atoms with Gasteiger partial charge in [-0.1, -0.05) is 13.8 Å². The number of amidine groups is 1. The van der Waals surface area contributed by atoms with Crippen molar-refractivity contribution in [2.75, 3.05) is 0 Å². The van der Waals surface area contributed by atoms with Gasteiger partial charge in [-0.3, -0.25) is 0 Å². The van der Waals surface area contributed by atoms with Crippen LogP contribution in [0.1, 0.15) is 29.2 Å². The molecule has 0 N–H and O–H groups in total. The monoisotopic (exact) mass is 237 g/mol. The molecule has 0 fully saturated rings. The zero-order valence-electron chi connectivity index (χ0n) is 8.65. The van der Waals surface area contributed by atoms with Gasteiger partial charge in [-0.25, -0.2) is 0 Å². The van der Waals surface area contributed by atoms with Gasteiger partial charge in [-0.15, -0.1) is 21.6 Å². The fraction of sp³-hybridized carbons (Fsp3) is 0.400. The summed E-state index contributed by atoms with van der Waals surface area (Å²) in [6.45, 7) is 4.32. The van der Waals surface area contributed by atoms with Crippen molar-refractivity contribution in [2.45, 2.75) is 26.7 Å². The minimum absolute atomic E-state index is 0.328. The first kappa shape index (κ1) is 10.6. The van der Waals surface area contributed by atoms with E-state index in [1.807, 2.05) is 0 Å². The van der Waals surface area contributed by atoms with Crippen molar-refractivity contribution in [3.8, 4) is 0 Å². The Hall–Kier alpha value is -0.940. The summed E-state index contributed by atoms with van der Waals surface area (Å²) in [5, 5.41) is 8.03. The highest BCUT2D eigenvalue weighted by molar-refractivity contribution is 7.80. The van der Waals surface area contributed by atoms with E-state index in [1.165, 1.54) is 10.4 Å². The molecular formula is C10H11N3S2. The van der Waals surface area contributed by atoms with E-state index in [4.69, 9.17) is 12.2 Å². The molecule has 0 radical (unpaired) electrons. The lowest BCUT2D eigenvalue weighted by atomic mass is 10.1. The van der Waals surface area contributed by atoms with Crippen LogP contribution in [-0.2, 0) is 12.8 Å². The number of aryl methyl sites for hydroxylation is 2. The highest BCUT2D eigenvalue weighted by Crippen LogP contribution is 2.25. The van der Waals surface area contributed by atoms with Gasteiger partial charge in [-0.2, -0.15) is 4.99 Å². The van der Waals surface area contributed by atoms with Gasteiger partial charge >= 0.3 is 0 Å². The van der Waals surface area contributed by atoms with Crippen molar-refractivity contribution in [2.24, 2.45) is 15.2 Å². The molecular weight excluding hydrogens is 226 g/mol. The first-order valence-corrected chi connectivity index (χ1v) is 6.13. The van der Waals surface area contributed by atoms with Gasteiger partial charge in [0.1, 0.15) is 0 Å². The molecule has 15 heavy (non-hydrogen) atoms. The number of aliphatic imine (C=N–C) groups is 1. The summed E-state index contributed by atoms with van der Waals surface area (Å²) in [4.78, 5) is 6.59. The molecule has 3 nitrogen and oxygen atoms in total. The van der Waals surface area contributed by atoms with Gasteiger partial charge < -0.3 is 0 Å². The molecule has 0 amide bonds. The Morgan fingerprint density at radius 1 is 1.27 bits per heavy atom. The highest BCUT2D eigenvalue weighted by Gasteiger charge is 2.14. The number of nitrogens with zero attached hydrogens (tertiary/aromatic N) is 3. The predicted octanol–water partition coefficient (Wildman–Crippen LogP) is 3.37. The second-order valence-electron chi connectivity index (χ2n) is 3.18. The molecule has 2 heterocycles. The average Bonchev–Trinajstić information content (AvgIpc) is 2.82. The lowest BCUT2D eigenvalue weighted by Gasteiger charge is -1.92. The summed E-state index contributed by atoms with van der Waals surface area (Å²) in [7, 11) is 0. The number of hydrogen-bond donors (Lipinski definition) is 0. The van der Waals surface area contributed by atoms with Crippen LogP contribution in [0.15, 0.2) is 21.3 Å². The number of hydrogen-bond acceptors (Lipinski definition) is 3. The normalized spacial score (nSPS) is 14.8. The van der Waals surface area contributed by atoms with E-state index in [0.29, 0.717) is 10.9 Å². The summed E-state index contributed by atoms with van der Waals surface area (Å²) in [6.07, 6.45) is 2.11. The SMILES string of the molecule is CCc1cc(C2=NC(=S)N=N2)sc1CC. The van der Waals surface area contributed by atoms with Crippen LogP contribution in [0.2, 0.25) is 0 Å². The minimum Gasteiger partial charge on any atom is -0.194 e. The van der Waals surface area contributed by atoms with Crippen LogP contribution in [0.4, 0.5) is 0 Å². The van der Waals surface area contributed by atoms with Crippen LogP contribution in [0.25, 0.3) is 0 Å². The molecule has 0 saturated heterocycles. The Bertz CT molecular complexity index is 436. The predicted molar refractivity (Wildman–Crippen MR) is 67.1 cm³/mol. The Labute approximate surface area is 98.0 Å². The Kier molecular flexibility index (Phi) is 3.02. The summed E-state index contributed by atoms with van der Waals surface area (Å²) in [5.74, 6) is 0.666. The van der Waals surface area contributed by atoms with Crippen molar-refractivity contribution in [1.29, 1.82) is 0 Å². The van der Waals surface area contributed by atoms with Crippen molar-refractivity contribution >= 4 is 34.5 Å². The first-order valence-electron chi connectivity index (χ1n) is 4.91. The number of thiocarbonyl (C=S) groups is 1. The van der Waals surface area contributed by atoms with E-state index >= 15 is 0 Å². The number of rotatable bonds is 3. The second-order valence-corrected chi connectivity index (χ2v) is 4.69. The quantitative estimate of drug-likeness (QED) is 0.743. The maximum Gasteiger partial charge on any atom is 0.242 e. The fourth-order valence-electron chi connectivity index (χ4n) is 1.50. The first-order chi connectivity index (χ1) is 7.24. The maximum absolute atomic E-state index is 4.85. The highest BCUT2D eigenvalue weighted by atomic mass is 32.1. The van der Waals surface area contributed by atoms with E-state index in [-0.39, 0.29) is 0 Å². The van der Waals surface area contributed by atoms with Gasteiger partial charge in [-0.05, 0) is 36.7 Å². The third-order valence-electron chi connectivity index (χ3n) is 2.25. The molecule has 5 heteroatoms. The molecule has 0 aromatic carbocycles. The van der Waals surface area contributed by atoms with Crippen molar-refractivity contribution < 1.29 is 0 Å². The van der Waals surface area contributed by atoms with Crippen LogP contribution in [-0.4, -0.2) is 10.9 Å². The van der Waals surface area contributed by atoms with Crippen LogP contribution in [0, 0.1) is 0 Å². The third-order valence-corrected chi connectivity index (χ3v) is 3.74. The Morgan fingerprint density at radius 2 is 2.07 bits per heavy atom. The van der Waals surface area contributed by atoms with E-state index in [1.54, 1.807) is 11.3 Å². The van der Waals surface area contributed by atoms with Crippen LogP contribution in [0.3, 0.4) is 0 Å². The summed E-state index contributed by atoms with van der Waals surface area (Å²) < 4.78 is 0. The van der Waals surface area contributed by atoms with E-state index in [0.717, 1.165) is 17.7 Å². The molecule has 0 unspecified atom stereocenters. The van der Waals surface area contributed by atoms with Crippen molar-refractivity contribution in [3.63, 3.8) is 0 Å². The van der Waals surface area contributed by atoms with Gasteiger partial charge in [0.15, 0.2) is 5.84 Å². The molecule has 1 aliphatic heterocycles. The van der Waals surface area contributed by atoms with Crippen LogP contribution in [0.5, 0.6) is 0 Å². The largest absolute Gasteiger partial charge is 0.242 e. The Balaban J connectivity index is 2.38. The summed E-state index contributed by atoms with van der Waals surface area (Å²) in [6, 6.07) is 2.15. The van der Waals surface area contributed by atoms with Gasteiger partial charge in [0.25, 0.3) is 0 Å². The zero-order chi connectivity index (χ0) is 10.8. The molecule has 78 valence electrons. The third kappa shape index (κ3) is 2.03. The molecule has 0 atom stereocenters. The molecule has 1 aromatic rings. The van der Waals surface area contributed by atoms with Crippen LogP contribution < -0.4 is 0 Å². The zero-order valence-corrected chi connectivity index (χ0v) is 10.3. The van der Waals surface area contributed by atoms with Gasteiger partial charge in [0, 0.05) is 4.88 Å². The van der Waals surface area contributed by atoms with Gasteiger partial charge in [0.05, 0.1) is 4.88 Å². The van der Waals surface area contributed by atoms with Crippen molar-refractivity contribution in [1.82, 2.24) is 0 Å². The lowest BCUT2D eigenvalue weighted by Crippen LogP contribution is -1.89. The standard InChI is InChI=1S/C10H11N3S2/c1-3-6-5-8(15-7(6)4-2)9-11-10(14)13-12-9/h5H,3-4H2,1-2H3. The average molecular weight is 237 g/mol.